The van der Waals surface area contributed by atoms with E-state index in [2.05, 4.69) is 15.5 Å². The van der Waals surface area contributed by atoms with Crippen LogP contribution in [0.5, 0.6) is 0 Å². The summed E-state index contributed by atoms with van der Waals surface area (Å²) in [7, 11) is 1.87. The molecule has 1 N–H and O–H groups in total. The Hall–Kier alpha value is -2.34. The van der Waals surface area contributed by atoms with Gasteiger partial charge in [-0.1, -0.05) is 29.4 Å². The summed E-state index contributed by atoms with van der Waals surface area (Å²) in [4.78, 5) is 13.1. The molecule has 0 saturated heterocycles. The number of thioether (sulfide) groups is 1. The van der Waals surface area contributed by atoms with Gasteiger partial charge in [0.25, 0.3) is 0 Å². The fraction of sp³-hybridized carbons (Fsp3) is 0.125. The van der Waals surface area contributed by atoms with Crippen molar-refractivity contribution in [2.24, 2.45) is 7.05 Å². The van der Waals surface area contributed by atoms with Crippen molar-refractivity contribution in [2.45, 2.75) is 5.16 Å². The molecule has 0 radical (unpaired) electrons. The Morgan fingerprint density at radius 2 is 2.28 bits per heavy atom. The highest BCUT2D eigenvalue weighted by Gasteiger charge is 2.13. The van der Waals surface area contributed by atoms with Crippen LogP contribution in [-0.4, -0.2) is 26.4 Å². The fourth-order valence-corrected chi connectivity index (χ4v) is 3.75. The van der Waals surface area contributed by atoms with Gasteiger partial charge in [0.05, 0.1) is 21.2 Å². The van der Waals surface area contributed by atoms with Crippen LogP contribution in [0.3, 0.4) is 0 Å². The Labute approximate surface area is 157 Å². The van der Waals surface area contributed by atoms with Crippen LogP contribution in [0, 0.1) is 11.3 Å². The molecule has 0 unspecified atom stereocenters. The van der Waals surface area contributed by atoms with E-state index in [4.69, 9.17) is 16.9 Å². The third-order valence-corrected chi connectivity index (χ3v) is 5.48. The molecule has 1 aromatic carbocycles. The summed E-state index contributed by atoms with van der Waals surface area (Å²) in [5.41, 5.74) is 0.918. The highest BCUT2D eigenvalue weighted by molar-refractivity contribution is 7.99. The van der Waals surface area contributed by atoms with Crippen LogP contribution >= 0.6 is 34.7 Å². The highest BCUT2D eigenvalue weighted by atomic mass is 35.5. The second-order valence-corrected chi connectivity index (χ2v) is 7.28. The minimum atomic E-state index is -0.188. The lowest BCUT2D eigenvalue weighted by Gasteiger charge is -2.06. The number of nitrogens with one attached hydrogen (secondary N) is 1. The molecule has 126 valence electrons. The molecule has 0 fully saturated rings. The highest BCUT2D eigenvalue weighted by Crippen LogP contribution is 2.26. The summed E-state index contributed by atoms with van der Waals surface area (Å²) in [5, 5.41) is 22.9. The van der Waals surface area contributed by atoms with E-state index in [1.54, 1.807) is 29.5 Å². The summed E-state index contributed by atoms with van der Waals surface area (Å²) in [6.07, 6.45) is 0. The molecule has 2 heterocycles. The van der Waals surface area contributed by atoms with Crippen LogP contribution in [0.25, 0.3) is 10.7 Å². The number of anilines is 1. The number of rotatable bonds is 5. The molecule has 25 heavy (non-hydrogen) atoms. The lowest BCUT2D eigenvalue weighted by molar-refractivity contribution is -0.113. The number of nitrogens with zero attached hydrogens (tertiary/aromatic N) is 4. The second-order valence-electron chi connectivity index (χ2n) is 4.99. The first-order chi connectivity index (χ1) is 12.1. The molecule has 3 aromatic rings. The zero-order valence-corrected chi connectivity index (χ0v) is 15.5. The number of amides is 1. The minimum Gasteiger partial charge on any atom is -0.325 e. The van der Waals surface area contributed by atoms with Crippen molar-refractivity contribution in [3.63, 3.8) is 0 Å². The predicted octanol–water partition coefficient (Wildman–Crippen LogP) is 3.80. The van der Waals surface area contributed by atoms with Gasteiger partial charge in [0.15, 0.2) is 11.0 Å². The van der Waals surface area contributed by atoms with Gasteiger partial charge < -0.3 is 9.88 Å². The van der Waals surface area contributed by atoms with Crippen LogP contribution in [-0.2, 0) is 11.8 Å². The number of carbonyl (C=O) groups is 1. The van der Waals surface area contributed by atoms with Crippen molar-refractivity contribution in [3.8, 4) is 16.8 Å². The van der Waals surface area contributed by atoms with Crippen LogP contribution in [0.4, 0.5) is 5.69 Å². The van der Waals surface area contributed by atoms with E-state index < -0.39 is 0 Å². The van der Waals surface area contributed by atoms with E-state index >= 15 is 0 Å². The van der Waals surface area contributed by atoms with Crippen molar-refractivity contribution in [1.29, 1.82) is 5.26 Å². The Kier molecular flexibility index (Phi) is 5.38. The van der Waals surface area contributed by atoms with Crippen molar-refractivity contribution in [2.75, 3.05) is 11.1 Å². The average molecular weight is 390 g/mol. The van der Waals surface area contributed by atoms with E-state index in [0.29, 0.717) is 21.4 Å². The van der Waals surface area contributed by atoms with Crippen LogP contribution in [0.2, 0.25) is 5.02 Å². The maximum Gasteiger partial charge on any atom is 0.234 e. The molecule has 0 aliphatic carbocycles. The molecular weight excluding hydrogens is 378 g/mol. The van der Waals surface area contributed by atoms with Gasteiger partial charge >= 0.3 is 0 Å². The number of aromatic nitrogens is 3. The van der Waals surface area contributed by atoms with Crippen molar-refractivity contribution in [1.82, 2.24) is 14.8 Å². The van der Waals surface area contributed by atoms with Crippen molar-refractivity contribution in [3.05, 3.63) is 46.3 Å². The molecule has 1 amide bonds. The molecule has 0 bridgehead atoms. The molecule has 9 heteroatoms. The Bertz CT molecular complexity index is 946. The van der Waals surface area contributed by atoms with E-state index in [0.717, 1.165) is 10.7 Å². The van der Waals surface area contributed by atoms with E-state index in [9.17, 15) is 4.79 Å². The number of thiophene rings is 1. The first-order valence-electron chi connectivity index (χ1n) is 7.14. The second kappa shape index (κ2) is 7.70. The number of hydrogen-bond donors (Lipinski definition) is 1. The monoisotopic (exact) mass is 389 g/mol. The van der Waals surface area contributed by atoms with Gasteiger partial charge in [-0.2, -0.15) is 5.26 Å². The summed E-state index contributed by atoms with van der Waals surface area (Å²) < 4.78 is 1.86. The Morgan fingerprint density at radius 1 is 1.44 bits per heavy atom. The van der Waals surface area contributed by atoms with Gasteiger partial charge in [-0.15, -0.1) is 21.5 Å². The molecule has 0 aliphatic heterocycles. The summed E-state index contributed by atoms with van der Waals surface area (Å²) in [5.74, 6) is 0.775. The quantitative estimate of drug-likeness (QED) is 0.671. The average Bonchev–Trinajstić information content (AvgIpc) is 3.23. The fourth-order valence-electron chi connectivity index (χ4n) is 2.07. The standard InChI is InChI=1S/C16H12ClN5OS2/c1-22-15(13-3-2-6-24-13)20-21-16(22)25-9-14(23)19-11-5-4-10(8-18)12(17)7-11/h2-7H,9H2,1H3,(H,19,23). The van der Waals surface area contributed by atoms with Gasteiger partial charge in [0, 0.05) is 12.7 Å². The van der Waals surface area contributed by atoms with Gasteiger partial charge in [-0.25, -0.2) is 0 Å². The molecule has 0 aliphatic rings. The predicted molar refractivity (Wildman–Crippen MR) is 99.8 cm³/mol. The Morgan fingerprint density at radius 3 is 2.96 bits per heavy atom. The lowest BCUT2D eigenvalue weighted by Crippen LogP contribution is -2.14. The maximum absolute atomic E-state index is 12.1. The first-order valence-corrected chi connectivity index (χ1v) is 9.38. The number of halogens is 1. The largest absolute Gasteiger partial charge is 0.325 e. The van der Waals surface area contributed by atoms with Crippen LogP contribution in [0.1, 0.15) is 5.56 Å². The maximum atomic E-state index is 12.1. The smallest absolute Gasteiger partial charge is 0.234 e. The zero-order valence-electron chi connectivity index (χ0n) is 13.1. The molecular formula is C16H12ClN5OS2. The zero-order chi connectivity index (χ0) is 17.8. The van der Waals surface area contributed by atoms with Crippen LogP contribution < -0.4 is 5.32 Å². The molecule has 6 nitrogen and oxygen atoms in total. The van der Waals surface area contributed by atoms with Crippen LogP contribution in [0.15, 0.2) is 40.9 Å². The van der Waals surface area contributed by atoms with E-state index in [-0.39, 0.29) is 11.7 Å². The van der Waals surface area contributed by atoms with Gasteiger partial charge in [-0.3, -0.25) is 4.79 Å². The molecule has 3 rings (SSSR count). The lowest BCUT2D eigenvalue weighted by atomic mass is 10.2. The summed E-state index contributed by atoms with van der Waals surface area (Å²) in [6, 6.07) is 10.7. The van der Waals surface area contributed by atoms with Crippen molar-refractivity contribution >= 4 is 46.3 Å². The van der Waals surface area contributed by atoms with Crippen molar-refractivity contribution < 1.29 is 4.79 Å². The molecule has 0 atom stereocenters. The normalized spacial score (nSPS) is 10.4. The summed E-state index contributed by atoms with van der Waals surface area (Å²) >= 11 is 8.85. The molecule has 2 aromatic heterocycles. The van der Waals surface area contributed by atoms with Gasteiger partial charge in [0.1, 0.15) is 6.07 Å². The van der Waals surface area contributed by atoms with Gasteiger partial charge in [-0.05, 0) is 29.6 Å². The van der Waals surface area contributed by atoms with Gasteiger partial charge in [0.2, 0.25) is 5.91 Å². The SMILES string of the molecule is Cn1c(SCC(=O)Nc2ccc(C#N)c(Cl)c2)nnc1-c1cccs1. The minimum absolute atomic E-state index is 0.188. The molecule has 0 saturated carbocycles. The molecule has 0 spiro atoms. The topological polar surface area (TPSA) is 83.6 Å². The number of benzene rings is 1. The third-order valence-electron chi connectivity index (χ3n) is 3.28. The number of carbonyl (C=O) groups excluding carboxylic acids is 1. The summed E-state index contributed by atoms with van der Waals surface area (Å²) in [6.45, 7) is 0. The Balaban J connectivity index is 1.61. The third kappa shape index (κ3) is 4.02. The van der Waals surface area contributed by atoms with E-state index in [1.807, 2.05) is 35.2 Å². The number of nitriles is 1. The number of hydrogen-bond acceptors (Lipinski definition) is 6. The first kappa shape index (κ1) is 17.5. The van der Waals surface area contributed by atoms with E-state index in [1.165, 1.54) is 11.8 Å².